The highest BCUT2D eigenvalue weighted by Gasteiger charge is 2.38. The van der Waals surface area contributed by atoms with E-state index in [9.17, 15) is 18.0 Å². The minimum atomic E-state index is -3.61. The van der Waals surface area contributed by atoms with Crippen molar-refractivity contribution >= 4 is 22.0 Å². The number of benzene rings is 2. The van der Waals surface area contributed by atoms with Crippen LogP contribution < -0.4 is 5.32 Å². The SMILES string of the molecule is Cc1cccc(-c2ccc(S(=O)(=O)N3CCC(N4C(=O)CNC4=O)CC3)cc2)c1. The van der Waals surface area contributed by atoms with Gasteiger partial charge in [0.25, 0.3) is 0 Å². The van der Waals surface area contributed by atoms with Gasteiger partial charge >= 0.3 is 6.03 Å². The van der Waals surface area contributed by atoms with Crippen LogP contribution in [0, 0.1) is 6.92 Å². The van der Waals surface area contributed by atoms with Gasteiger partial charge in [0, 0.05) is 19.1 Å². The molecule has 3 amide bonds. The van der Waals surface area contributed by atoms with E-state index in [1.807, 2.05) is 37.3 Å². The first-order valence-corrected chi connectivity index (χ1v) is 11.1. The van der Waals surface area contributed by atoms with Crippen molar-refractivity contribution in [3.05, 3.63) is 54.1 Å². The van der Waals surface area contributed by atoms with Gasteiger partial charge in [-0.15, -0.1) is 0 Å². The van der Waals surface area contributed by atoms with Crippen molar-refractivity contribution in [2.45, 2.75) is 30.7 Å². The normalized spacial score (nSPS) is 18.9. The van der Waals surface area contributed by atoms with E-state index in [4.69, 9.17) is 0 Å². The second-order valence-corrected chi connectivity index (χ2v) is 9.39. The Morgan fingerprint density at radius 3 is 2.24 bits per heavy atom. The fourth-order valence-electron chi connectivity index (χ4n) is 3.94. The smallest absolute Gasteiger partial charge is 0.324 e. The van der Waals surface area contributed by atoms with E-state index in [-0.39, 0.29) is 42.5 Å². The average Bonchev–Trinajstić information content (AvgIpc) is 3.06. The molecule has 7 nitrogen and oxygen atoms in total. The summed E-state index contributed by atoms with van der Waals surface area (Å²) in [6, 6.07) is 14.3. The topological polar surface area (TPSA) is 86.8 Å². The van der Waals surface area contributed by atoms with E-state index >= 15 is 0 Å². The van der Waals surface area contributed by atoms with Gasteiger partial charge in [0.2, 0.25) is 15.9 Å². The van der Waals surface area contributed by atoms with Gasteiger partial charge < -0.3 is 5.32 Å². The Morgan fingerprint density at radius 2 is 1.66 bits per heavy atom. The third kappa shape index (κ3) is 3.77. The molecule has 2 heterocycles. The Hall–Kier alpha value is -2.71. The Labute approximate surface area is 170 Å². The molecule has 0 radical (unpaired) electrons. The van der Waals surface area contributed by atoms with E-state index in [2.05, 4.69) is 11.4 Å². The molecular formula is C21H23N3O4S. The molecule has 1 N–H and O–H groups in total. The zero-order chi connectivity index (χ0) is 20.6. The number of hydrogen-bond acceptors (Lipinski definition) is 4. The molecule has 0 atom stereocenters. The molecule has 2 aliphatic rings. The summed E-state index contributed by atoms with van der Waals surface area (Å²) in [6.45, 7) is 2.60. The second kappa shape index (κ2) is 7.61. The first kappa shape index (κ1) is 19.6. The fourth-order valence-corrected chi connectivity index (χ4v) is 5.41. The van der Waals surface area contributed by atoms with Crippen LogP contribution in [0.15, 0.2) is 53.4 Å². The van der Waals surface area contributed by atoms with Crippen molar-refractivity contribution in [1.82, 2.24) is 14.5 Å². The maximum atomic E-state index is 13.0. The van der Waals surface area contributed by atoms with Crippen LogP contribution in [-0.2, 0) is 14.8 Å². The predicted octanol–water partition coefficient (Wildman–Crippen LogP) is 2.37. The summed E-state index contributed by atoms with van der Waals surface area (Å²) < 4.78 is 27.5. The molecule has 152 valence electrons. The molecule has 8 heteroatoms. The molecule has 0 unspecified atom stereocenters. The highest BCUT2D eigenvalue weighted by molar-refractivity contribution is 7.89. The van der Waals surface area contributed by atoms with Gasteiger partial charge in [-0.1, -0.05) is 42.0 Å². The second-order valence-electron chi connectivity index (χ2n) is 7.45. The van der Waals surface area contributed by atoms with Gasteiger partial charge in [0.05, 0.1) is 11.4 Å². The molecule has 0 saturated carbocycles. The van der Waals surface area contributed by atoms with Crippen LogP contribution in [0.4, 0.5) is 4.79 Å². The Bertz CT molecular complexity index is 1030. The van der Waals surface area contributed by atoms with E-state index in [0.29, 0.717) is 12.8 Å². The van der Waals surface area contributed by atoms with Crippen LogP contribution in [0.5, 0.6) is 0 Å². The highest BCUT2D eigenvalue weighted by Crippen LogP contribution is 2.27. The van der Waals surface area contributed by atoms with Crippen molar-refractivity contribution in [3.8, 4) is 11.1 Å². The lowest BCUT2D eigenvalue weighted by molar-refractivity contribution is -0.127. The third-order valence-electron chi connectivity index (χ3n) is 5.51. The van der Waals surface area contributed by atoms with Crippen molar-refractivity contribution in [2.24, 2.45) is 0 Å². The van der Waals surface area contributed by atoms with Crippen molar-refractivity contribution < 1.29 is 18.0 Å². The molecule has 2 fully saturated rings. The van der Waals surface area contributed by atoms with Crippen molar-refractivity contribution in [3.63, 3.8) is 0 Å². The number of piperidine rings is 1. The summed E-state index contributed by atoms with van der Waals surface area (Å²) in [5.74, 6) is -0.247. The van der Waals surface area contributed by atoms with Gasteiger partial charge in [-0.25, -0.2) is 13.2 Å². The van der Waals surface area contributed by atoms with Crippen LogP contribution in [-0.4, -0.2) is 55.2 Å². The highest BCUT2D eigenvalue weighted by atomic mass is 32.2. The third-order valence-corrected chi connectivity index (χ3v) is 7.42. The monoisotopic (exact) mass is 413 g/mol. The molecule has 0 aliphatic carbocycles. The largest absolute Gasteiger partial charge is 0.329 e. The molecule has 2 aliphatic heterocycles. The van der Waals surface area contributed by atoms with Gasteiger partial charge in [-0.2, -0.15) is 4.31 Å². The molecule has 0 spiro atoms. The number of nitrogens with zero attached hydrogens (tertiary/aromatic N) is 2. The molecule has 2 saturated heterocycles. The number of urea groups is 1. The molecule has 29 heavy (non-hydrogen) atoms. The molecule has 2 aromatic carbocycles. The maximum Gasteiger partial charge on any atom is 0.324 e. The summed E-state index contributed by atoms with van der Waals surface area (Å²) in [7, 11) is -3.61. The van der Waals surface area contributed by atoms with E-state index in [1.54, 1.807) is 12.1 Å². The number of aryl methyl sites for hydroxylation is 1. The lowest BCUT2D eigenvalue weighted by Gasteiger charge is -2.34. The van der Waals surface area contributed by atoms with Gasteiger partial charge in [0.1, 0.15) is 0 Å². The van der Waals surface area contributed by atoms with E-state index < -0.39 is 10.0 Å². The van der Waals surface area contributed by atoms with Gasteiger partial charge in [-0.3, -0.25) is 9.69 Å². The predicted molar refractivity (Wildman–Crippen MR) is 109 cm³/mol. The molecule has 0 aromatic heterocycles. The molecule has 0 bridgehead atoms. The quantitative estimate of drug-likeness (QED) is 0.780. The first-order valence-electron chi connectivity index (χ1n) is 9.63. The summed E-state index contributed by atoms with van der Waals surface area (Å²) in [4.78, 5) is 25.2. The maximum absolute atomic E-state index is 13.0. The number of amides is 3. The lowest BCUT2D eigenvalue weighted by Crippen LogP contribution is -2.48. The Morgan fingerprint density at radius 1 is 0.966 bits per heavy atom. The van der Waals surface area contributed by atoms with Crippen LogP contribution >= 0.6 is 0 Å². The minimum absolute atomic E-state index is 0.0185. The Kier molecular flexibility index (Phi) is 5.14. The van der Waals surface area contributed by atoms with Crippen LogP contribution in [0.1, 0.15) is 18.4 Å². The van der Waals surface area contributed by atoms with Crippen molar-refractivity contribution in [2.75, 3.05) is 19.6 Å². The minimum Gasteiger partial charge on any atom is -0.329 e. The summed E-state index contributed by atoms with van der Waals surface area (Å²) in [5, 5.41) is 2.51. The number of hydrogen-bond donors (Lipinski definition) is 1. The average molecular weight is 413 g/mol. The summed E-state index contributed by atoms with van der Waals surface area (Å²) >= 11 is 0. The number of carbonyl (C=O) groups is 2. The number of carbonyl (C=O) groups excluding carboxylic acids is 2. The van der Waals surface area contributed by atoms with Crippen LogP contribution in [0.25, 0.3) is 11.1 Å². The van der Waals surface area contributed by atoms with Gasteiger partial charge in [-0.05, 0) is 43.0 Å². The fraction of sp³-hybridized carbons (Fsp3) is 0.333. The molecular weight excluding hydrogens is 390 g/mol. The van der Waals surface area contributed by atoms with Crippen LogP contribution in [0.3, 0.4) is 0 Å². The number of rotatable bonds is 4. The number of nitrogens with one attached hydrogen (secondary N) is 1. The number of imide groups is 1. The zero-order valence-electron chi connectivity index (χ0n) is 16.2. The standard InChI is InChI=1S/C21H23N3O4S/c1-15-3-2-4-17(13-15)16-5-7-19(8-6-16)29(27,28)23-11-9-18(10-12-23)24-20(25)14-22-21(24)26/h2-8,13,18H,9-12,14H2,1H3,(H,22,26). The number of sulfonamides is 1. The Balaban J connectivity index is 1.46. The summed E-state index contributed by atoms with van der Waals surface area (Å²) in [5.41, 5.74) is 3.15. The van der Waals surface area contributed by atoms with Gasteiger partial charge in [0.15, 0.2) is 0 Å². The molecule has 2 aromatic rings. The zero-order valence-corrected chi connectivity index (χ0v) is 17.0. The van der Waals surface area contributed by atoms with Crippen LogP contribution in [0.2, 0.25) is 0 Å². The lowest BCUT2D eigenvalue weighted by atomic mass is 10.0. The molecule has 4 rings (SSSR count). The summed E-state index contributed by atoms with van der Waals surface area (Å²) in [6.07, 6.45) is 0.888. The van der Waals surface area contributed by atoms with E-state index in [1.165, 1.54) is 9.21 Å². The van der Waals surface area contributed by atoms with E-state index in [0.717, 1.165) is 16.7 Å². The van der Waals surface area contributed by atoms with Crippen molar-refractivity contribution in [1.29, 1.82) is 0 Å². The first-order chi connectivity index (χ1) is 13.9.